The fraction of sp³-hybridized carbons (Fsp3) is 0.120. The number of halogens is 1. The first kappa shape index (κ1) is 21.2. The number of nitrogens with zero attached hydrogens (tertiary/aromatic N) is 1. The smallest absolute Gasteiger partial charge is 0.263 e. The van der Waals surface area contributed by atoms with Gasteiger partial charge >= 0.3 is 0 Å². The average Bonchev–Trinajstić information content (AvgIpc) is 3.11. The van der Waals surface area contributed by atoms with Crippen molar-refractivity contribution in [1.29, 1.82) is 0 Å². The molecule has 32 heavy (non-hydrogen) atoms. The van der Waals surface area contributed by atoms with Crippen molar-refractivity contribution in [2.45, 2.75) is 6.42 Å². The highest BCUT2D eigenvalue weighted by molar-refractivity contribution is 9.10. The minimum absolute atomic E-state index is 0.174. The van der Waals surface area contributed by atoms with Gasteiger partial charge < -0.3 is 15.0 Å². The normalized spacial score (nSPS) is 16.0. The standard InChI is InChI=1S/C25H19BrN2O2S2/c26-19-9-10-22(18(14-19)15-23-24(29)27-25(31)32-23)30-12-11-28-20-7-3-1-5-16(20)13-17-6-2-4-8-21(17)28/h1-10,14-15H,11-13H2,(H,27,29,31). The van der Waals surface area contributed by atoms with Crippen molar-refractivity contribution in [1.82, 2.24) is 5.32 Å². The minimum Gasteiger partial charge on any atom is -0.491 e. The predicted octanol–water partition coefficient (Wildman–Crippen LogP) is 6.06. The number of benzene rings is 3. The Bertz CT molecular complexity index is 1210. The van der Waals surface area contributed by atoms with Gasteiger partial charge in [0.05, 0.1) is 11.4 Å². The number of ether oxygens (including phenoxy) is 1. The molecule has 1 amide bonds. The largest absolute Gasteiger partial charge is 0.491 e. The average molecular weight is 523 g/mol. The van der Waals surface area contributed by atoms with Gasteiger partial charge in [0.2, 0.25) is 0 Å². The minimum atomic E-state index is -0.174. The third-order valence-corrected chi connectivity index (χ3v) is 7.07. The number of rotatable bonds is 5. The highest BCUT2D eigenvalue weighted by Crippen LogP contribution is 2.38. The Morgan fingerprint density at radius 3 is 2.41 bits per heavy atom. The summed E-state index contributed by atoms with van der Waals surface area (Å²) in [5, 5.41) is 2.65. The van der Waals surface area contributed by atoms with Crippen LogP contribution in [0.4, 0.5) is 11.4 Å². The first-order valence-electron chi connectivity index (χ1n) is 10.2. The zero-order chi connectivity index (χ0) is 22.1. The van der Waals surface area contributed by atoms with E-state index in [1.807, 2.05) is 24.3 Å². The van der Waals surface area contributed by atoms with Crippen molar-refractivity contribution >= 4 is 67.6 Å². The van der Waals surface area contributed by atoms with E-state index in [-0.39, 0.29) is 5.91 Å². The number of thioether (sulfide) groups is 1. The van der Waals surface area contributed by atoms with E-state index in [1.165, 1.54) is 34.3 Å². The first-order chi connectivity index (χ1) is 15.6. The second-order valence-corrected chi connectivity index (χ2v) is 10.1. The molecule has 4 nitrogen and oxygen atoms in total. The van der Waals surface area contributed by atoms with Crippen LogP contribution >= 0.6 is 39.9 Å². The van der Waals surface area contributed by atoms with Crippen LogP contribution in [0.3, 0.4) is 0 Å². The van der Waals surface area contributed by atoms with Crippen LogP contribution in [0.5, 0.6) is 5.75 Å². The molecule has 0 spiro atoms. The van der Waals surface area contributed by atoms with E-state index >= 15 is 0 Å². The first-order valence-corrected chi connectivity index (χ1v) is 12.2. The number of hydrogen-bond donors (Lipinski definition) is 1. The van der Waals surface area contributed by atoms with E-state index in [9.17, 15) is 4.79 Å². The molecule has 1 fully saturated rings. The molecule has 3 aromatic carbocycles. The Labute approximate surface area is 204 Å². The van der Waals surface area contributed by atoms with E-state index in [1.54, 1.807) is 0 Å². The van der Waals surface area contributed by atoms with Crippen LogP contribution in [0.2, 0.25) is 0 Å². The Morgan fingerprint density at radius 2 is 1.75 bits per heavy atom. The molecule has 5 rings (SSSR count). The number of hydrogen-bond acceptors (Lipinski definition) is 5. The van der Waals surface area contributed by atoms with Crippen LogP contribution in [0.1, 0.15) is 16.7 Å². The zero-order valence-corrected chi connectivity index (χ0v) is 20.2. The summed E-state index contributed by atoms with van der Waals surface area (Å²) in [6.07, 6.45) is 2.76. The van der Waals surface area contributed by atoms with Crippen LogP contribution in [-0.4, -0.2) is 23.4 Å². The summed E-state index contributed by atoms with van der Waals surface area (Å²) < 4.78 is 7.61. The highest BCUT2D eigenvalue weighted by atomic mass is 79.9. The molecule has 0 atom stereocenters. The van der Waals surface area contributed by atoms with E-state index in [0.29, 0.717) is 22.4 Å². The lowest BCUT2D eigenvalue weighted by Gasteiger charge is -2.33. The molecule has 0 unspecified atom stereocenters. The molecule has 2 aliphatic heterocycles. The van der Waals surface area contributed by atoms with Crippen LogP contribution in [-0.2, 0) is 11.2 Å². The summed E-state index contributed by atoms with van der Waals surface area (Å²) in [4.78, 5) is 15.0. The zero-order valence-electron chi connectivity index (χ0n) is 17.0. The van der Waals surface area contributed by atoms with Gasteiger partial charge in [0.25, 0.3) is 5.91 Å². The van der Waals surface area contributed by atoms with Gasteiger partial charge in [-0.25, -0.2) is 0 Å². The Balaban J connectivity index is 1.38. The molecule has 3 aromatic rings. The number of para-hydroxylation sites is 2. The van der Waals surface area contributed by atoms with Gasteiger partial charge in [0, 0.05) is 27.8 Å². The summed E-state index contributed by atoms with van der Waals surface area (Å²) >= 11 is 9.88. The summed E-state index contributed by atoms with van der Waals surface area (Å²) in [6.45, 7) is 1.21. The molecule has 1 N–H and O–H groups in total. The third kappa shape index (κ3) is 4.33. The molecule has 2 aliphatic rings. The highest BCUT2D eigenvalue weighted by Gasteiger charge is 2.23. The lowest BCUT2D eigenvalue weighted by molar-refractivity contribution is -0.115. The quantitative estimate of drug-likeness (QED) is 0.325. The molecule has 0 bridgehead atoms. The summed E-state index contributed by atoms with van der Waals surface area (Å²) in [5.41, 5.74) is 5.92. The number of amides is 1. The van der Waals surface area contributed by atoms with Crippen molar-refractivity contribution in [2.24, 2.45) is 0 Å². The number of anilines is 2. The van der Waals surface area contributed by atoms with Gasteiger partial charge in [-0.2, -0.15) is 0 Å². The van der Waals surface area contributed by atoms with E-state index in [2.05, 4.69) is 74.7 Å². The molecule has 2 heterocycles. The molecule has 0 aromatic heterocycles. The number of nitrogens with one attached hydrogen (secondary N) is 1. The van der Waals surface area contributed by atoms with E-state index in [0.717, 1.165) is 22.2 Å². The van der Waals surface area contributed by atoms with Crippen LogP contribution in [0, 0.1) is 0 Å². The monoisotopic (exact) mass is 522 g/mol. The molecule has 0 saturated carbocycles. The van der Waals surface area contributed by atoms with Gasteiger partial charge in [-0.3, -0.25) is 4.79 Å². The number of carbonyl (C=O) groups excluding carboxylic acids is 1. The lowest BCUT2D eigenvalue weighted by Crippen LogP contribution is -2.28. The maximum atomic E-state index is 12.1. The third-order valence-electron chi connectivity index (χ3n) is 5.42. The maximum absolute atomic E-state index is 12.1. The lowest BCUT2D eigenvalue weighted by atomic mass is 9.96. The number of carbonyl (C=O) groups is 1. The van der Waals surface area contributed by atoms with Gasteiger partial charge in [-0.1, -0.05) is 76.3 Å². The number of fused-ring (bicyclic) bond motifs is 2. The van der Waals surface area contributed by atoms with Crippen LogP contribution < -0.4 is 15.0 Å². The molecule has 0 radical (unpaired) electrons. The second-order valence-electron chi connectivity index (χ2n) is 7.47. The molecule has 0 aliphatic carbocycles. The Kier molecular flexibility index (Phi) is 6.04. The van der Waals surface area contributed by atoms with Crippen molar-refractivity contribution in [3.8, 4) is 5.75 Å². The fourth-order valence-electron chi connectivity index (χ4n) is 4.00. The summed E-state index contributed by atoms with van der Waals surface area (Å²) in [5.74, 6) is 0.554. The Morgan fingerprint density at radius 1 is 1.06 bits per heavy atom. The second kappa shape index (κ2) is 9.10. The summed E-state index contributed by atoms with van der Waals surface area (Å²) in [6, 6.07) is 22.8. The predicted molar refractivity (Wildman–Crippen MR) is 139 cm³/mol. The summed E-state index contributed by atoms with van der Waals surface area (Å²) in [7, 11) is 0. The Hall–Kier alpha value is -2.61. The van der Waals surface area contributed by atoms with Gasteiger partial charge in [0.15, 0.2) is 0 Å². The topological polar surface area (TPSA) is 41.6 Å². The van der Waals surface area contributed by atoms with Gasteiger partial charge in [-0.05, 0) is 47.5 Å². The molecule has 1 saturated heterocycles. The van der Waals surface area contributed by atoms with Crippen molar-refractivity contribution < 1.29 is 9.53 Å². The fourth-order valence-corrected chi connectivity index (χ4v) is 5.41. The maximum Gasteiger partial charge on any atom is 0.263 e. The van der Waals surface area contributed by atoms with E-state index in [4.69, 9.17) is 17.0 Å². The molecule has 160 valence electrons. The molecular formula is C25H19BrN2O2S2. The molecule has 7 heteroatoms. The molecular weight excluding hydrogens is 504 g/mol. The van der Waals surface area contributed by atoms with Crippen LogP contribution in [0.25, 0.3) is 6.08 Å². The van der Waals surface area contributed by atoms with Gasteiger partial charge in [0.1, 0.15) is 16.7 Å². The van der Waals surface area contributed by atoms with E-state index < -0.39 is 0 Å². The number of thiocarbonyl (C=S) groups is 1. The van der Waals surface area contributed by atoms with Crippen molar-refractivity contribution in [3.05, 3.63) is 92.8 Å². The van der Waals surface area contributed by atoms with Crippen molar-refractivity contribution in [2.75, 3.05) is 18.1 Å². The van der Waals surface area contributed by atoms with Crippen molar-refractivity contribution in [3.63, 3.8) is 0 Å². The van der Waals surface area contributed by atoms with Crippen LogP contribution in [0.15, 0.2) is 76.1 Å². The SMILES string of the molecule is O=C1NC(=S)SC1=Cc1cc(Br)ccc1OCCN1c2ccccc2Cc2ccccc21. The van der Waals surface area contributed by atoms with Gasteiger partial charge in [-0.15, -0.1) is 0 Å².